The van der Waals surface area contributed by atoms with E-state index in [-0.39, 0.29) is 6.54 Å². The Morgan fingerprint density at radius 2 is 1.87 bits per heavy atom. The fourth-order valence-corrected chi connectivity index (χ4v) is 5.02. The number of likely N-dealkylation sites (tertiary alicyclic amines) is 1. The first-order valence-corrected chi connectivity index (χ1v) is 12.4. The predicted molar refractivity (Wildman–Crippen MR) is 135 cm³/mol. The fourth-order valence-electron chi connectivity index (χ4n) is 5.02. The second-order valence-electron chi connectivity index (χ2n) is 9.54. The SMILES string of the molecule is COc1ccc2ncc(CF)c(CCCC3(C(=O)O)CCN(CC#Cc4c(F)cc(F)cc4F)CC3)c2c1. The summed E-state index contributed by atoms with van der Waals surface area (Å²) in [7, 11) is 1.56. The molecule has 0 bridgehead atoms. The van der Waals surface area contributed by atoms with Crippen molar-refractivity contribution in [3.63, 3.8) is 0 Å². The van der Waals surface area contributed by atoms with Crippen LogP contribution in [0.5, 0.6) is 5.75 Å². The molecule has 0 atom stereocenters. The van der Waals surface area contributed by atoms with Crippen LogP contribution in [0.2, 0.25) is 0 Å². The third-order valence-corrected chi connectivity index (χ3v) is 7.29. The summed E-state index contributed by atoms with van der Waals surface area (Å²) in [5.41, 5.74) is 0.607. The lowest BCUT2D eigenvalue weighted by molar-refractivity contribution is -0.152. The first-order valence-electron chi connectivity index (χ1n) is 12.4. The van der Waals surface area contributed by atoms with Crippen LogP contribution < -0.4 is 4.74 Å². The average Bonchev–Trinajstić information content (AvgIpc) is 2.90. The molecule has 1 fully saturated rings. The second kappa shape index (κ2) is 11.8. The van der Waals surface area contributed by atoms with E-state index in [1.165, 1.54) is 6.20 Å². The molecule has 200 valence electrons. The molecular weight excluding hydrogens is 500 g/mol. The third-order valence-electron chi connectivity index (χ3n) is 7.29. The van der Waals surface area contributed by atoms with Crippen LogP contribution in [0.1, 0.15) is 42.4 Å². The molecule has 9 heteroatoms. The third kappa shape index (κ3) is 5.91. The second-order valence-corrected chi connectivity index (χ2v) is 9.54. The van der Waals surface area contributed by atoms with Gasteiger partial charge in [-0.25, -0.2) is 17.6 Å². The molecule has 0 radical (unpaired) electrons. The molecular formula is C29H28F4N2O3. The summed E-state index contributed by atoms with van der Waals surface area (Å²) in [6.45, 7) is 0.457. The summed E-state index contributed by atoms with van der Waals surface area (Å²) in [6.07, 6.45) is 3.80. The van der Waals surface area contributed by atoms with Crippen molar-refractivity contribution in [3.8, 4) is 17.6 Å². The van der Waals surface area contributed by atoms with Crippen LogP contribution in [0.25, 0.3) is 10.9 Å². The van der Waals surface area contributed by atoms with E-state index in [4.69, 9.17) is 4.74 Å². The number of benzene rings is 2. The molecule has 0 aliphatic carbocycles. The Kier molecular flexibility index (Phi) is 8.52. The van der Waals surface area contributed by atoms with Crippen molar-refractivity contribution in [1.29, 1.82) is 0 Å². The predicted octanol–water partition coefficient (Wildman–Crippen LogP) is 5.67. The number of carboxylic acids is 1. The van der Waals surface area contributed by atoms with Crippen molar-refractivity contribution in [1.82, 2.24) is 9.88 Å². The molecule has 1 aliphatic rings. The van der Waals surface area contributed by atoms with Crippen molar-refractivity contribution in [2.75, 3.05) is 26.7 Å². The van der Waals surface area contributed by atoms with Crippen molar-refractivity contribution in [2.24, 2.45) is 5.41 Å². The first-order chi connectivity index (χ1) is 18.3. The largest absolute Gasteiger partial charge is 0.497 e. The van der Waals surface area contributed by atoms with Gasteiger partial charge in [0.1, 0.15) is 29.9 Å². The number of aliphatic carboxylic acids is 1. The van der Waals surface area contributed by atoms with Crippen molar-refractivity contribution >= 4 is 16.9 Å². The number of aromatic nitrogens is 1. The van der Waals surface area contributed by atoms with E-state index in [0.29, 0.717) is 68.6 Å². The van der Waals surface area contributed by atoms with E-state index in [2.05, 4.69) is 16.8 Å². The monoisotopic (exact) mass is 528 g/mol. The van der Waals surface area contributed by atoms with E-state index in [1.54, 1.807) is 13.2 Å². The maximum Gasteiger partial charge on any atom is 0.309 e. The highest BCUT2D eigenvalue weighted by atomic mass is 19.1. The lowest BCUT2D eigenvalue weighted by atomic mass is 9.74. The summed E-state index contributed by atoms with van der Waals surface area (Å²) in [5, 5.41) is 10.9. The number of piperidine rings is 1. The van der Waals surface area contributed by atoms with Gasteiger partial charge in [0.05, 0.1) is 30.1 Å². The molecule has 5 nitrogen and oxygen atoms in total. The number of aryl methyl sites for hydroxylation is 1. The van der Waals surface area contributed by atoms with Gasteiger partial charge in [-0.15, -0.1) is 0 Å². The van der Waals surface area contributed by atoms with Gasteiger partial charge in [-0.3, -0.25) is 14.7 Å². The number of methoxy groups -OCH3 is 1. The highest BCUT2D eigenvalue weighted by Gasteiger charge is 2.40. The molecule has 2 heterocycles. The number of ether oxygens (including phenoxy) is 1. The zero-order chi connectivity index (χ0) is 27.3. The molecule has 3 aromatic rings. The smallest absolute Gasteiger partial charge is 0.309 e. The minimum atomic E-state index is -1.06. The summed E-state index contributed by atoms with van der Waals surface area (Å²) >= 11 is 0. The van der Waals surface area contributed by atoms with Crippen LogP contribution in [0, 0.1) is 34.7 Å². The molecule has 2 aromatic carbocycles. The Balaban J connectivity index is 1.40. The van der Waals surface area contributed by atoms with Crippen molar-refractivity contribution < 1.29 is 32.2 Å². The summed E-state index contributed by atoms with van der Waals surface area (Å²) in [4.78, 5) is 18.6. The lowest BCUT2D eigenvalue weighted by Gasteiger charge is -2.38. The number of fused-ring (bicyclic) bond motifs is 1. The molecule has 0 spiro atoms. The molecule has 0 unspecified atom stereocenters. The first kappa shape index (κ1) is 27.4. The summed E-state index contributed by atoms with van der Waals surface area (Å²) in [6, 6.07) is 6.59. The maximum atomic E-state index is 13.8. The minimum absolute atomic E-state index is 0.205. The Hall–Kier alpha value is -3.64. The number of pyridine rings is 1. The number of halogens is 4. The van der Waals surface area contributed by atoms with Crippen LogP contribution in [0.4, 0.5) is 17.6 Å². The topological polar surface area (TPSA) is 62.7 Å². The molecule has 1 aromatic heterocycles. The number of carbonyl (C=O) groups is 1. The van der Waals surface area contributed by atoms with Gasteiger partial charge in [0.15, 0.2) is 0 Å². The number of hydrogen-bond donors (Lipinski definition) is 1. The van der Waals surface area contributed by atoms with Gasteiger partial charge in [-0.1, -0.05) is 11.8 Å². The van der Waals surface area contributed by atoms with E-state index in [1.807, 2.05) is 17.0 Å². The summed E-state index contributed by atoms with van der Waals surface area (Å²) in [5.74, 6) is 1.76. The van der Waals surface area contributed by atoms with Gasteiger partial charge in [0.25, 0.3) is 0 Å². The zero-order valence-electron chi connectivity index (χ0n) is 21.0. The average molecular weight is 529 g/mol. The van der Waals surface area contributed by atoms with Gasteiger partial charge >= 0.3 is 5.97 Å². The van der Waals surface area contributed by atoms with Gasteiger partial charge in [0.2, 0.25) is 0 Å². The number of carboxylic acid groups (broad SMARTS) is 1. The Bertz CT molecular complexity index is 1360. The Morgan fingerprint density at radius 1 is 1.16 bits per heavy atom. The molecule has 38 heavy (non-hydrogen) atoms. The van der Waals surface area contributed by atoms with E-state index < -0.39 is 41.1 Å². The molecule has 4 rings (SSSR count). The number of rotatable bonds is 8. The quantitative estimate of drug-likeness (QED) is 0.302. The van der Waals surface area contributed by atoms with Crippen LogP contribution in [-0.2, 0) is 17.9 Å². The van der Waals surface area contributed by atoms with Gasteiger partial charge < -0.3 is 9.84 Å². The number of hydrogen-bond acceptors (Lipinski definition) is 4. The number of nitrogens with zero attached hydrogens (tertiary/aromatic N) is 2. The molecule has 1 aliphatic heterocycles. The highest BCUT2D eigenvalue weighted by molar-refractivity contribution is 5.84. The minimum Gasteiger partial charge on any atom is -0.497 e. The molecule has 0 amide bonds. The fraction of sp³-hybridized carbons (Fsp3) is 0.379. The van der Waals surface area contributed by atoms with Crippen LogP contribution in [0.15, 0.2) is 36.5 Å². The van der Waals surface area contributed by atoms with Gasteiger partial charge in [0, 0.05) is 42.4 Å². The van der Waals surface area contributed by atoms with E-state index >= 15 is 0 Å². The highest BCUT2D eigenvalue weighted by Crippen LogP contribution is 2.38. The number of alkyl halides is 1. The molecule has 0 saturated carbocycles. The normalized spacial score (nSPS) is 15.2. The van der Waals surface area contributed by atoms with Crippen molar-refractivity contribution in [2.45, 2.75) is 38.8 Å². The zero-order valence-corrected chi connectivity index (χ0v) is 21.0. The molecule has 1 N–H and O–H groups in total. The van der Waals surface area contributed by atoms with Crippen LogP contribution in [-0.4, -0.2) is 47.7 Å². The van der Waals surface area contributed by atoms with Crippen LogP contribution >= 0.6 is 0 Å². The van der Waals surface area contributed by atoms with E-state index in [0.717, 1.165) is 16.5 Å². The van der Waals surface area contributed by atoms with Gasteiger partial charge in [-0.2, -0.15) is 0 Å². The standard InChI is InChI=1S/C29H28F4N2O3/c1-38-21-6-7-27-24(16-21)22(19(17-30)18-34-27)4-2-8-29(28(36)37)9-12-35(13-10-29)11-3-5-23-25(32)14-20(31)15-26(23)33/h6-7,14-16,18H,2,4,8-13,17H2,1H3,(H,36,37). The van der Waals surface area contributed by atoms with Crippen LogP contribution in [0.3, 0.4) is 0 Å². The Labute approximate surface area is 218 Å². The van der Waals surface area contributed by atoms with Crippen molar-refractivity contribution in [3.05, 3.63) is 70.7 Å². The summed E-state index contributed by atoms with van der Waals surface area (Å²) < 4.78 is 59.7. The lowest BCUT2D eigenvalue weighted by Crippen LogP contribution is -2.44. The van der Waals surface area contributed by atoms with E-state index in [9.17, 15) is 27.5 Å². The Morgan fingerprint density at radius 3 is 2.50 bits per heavy atom. The maximum absolute atomic E-state index is 13.8. The molecule has 1 saturated heterocycles. The van der Waals surface area contributed by atoms with Gasteiger partial charge in [-0.05, 0) is 55.9 Å².